The van der Waals surface area contributed by atoms with Crippen LogP contribution in [-0.4, -0.2) is 44.7 Å². The number of ether oxygens (including phenoxy) is 1. The molecular formula is C24H44O6. The van der Waals surface area contributed by atoms with Crippen LogP contribution in [-0.2, 0) is 9.53 Å². The Kier molecular flexibility index (Phi) is 13.1. The van der Waals surface area contributed by atoms with Crippen LogP contribution < -0.4 is 0 Å². The van der Waals surface area contributed by atoms with E-state index >= 15 is 0 Å². The van der Waals surface area contributed by atoms with E-state index in [1.807, 2.05) is 0 Å². The lowest BCUT2D eigenvalue weighted by Crippen LogP contribution is -2.47. The minimum Gasteiger partial charge on any atom is -0.505 e. The summed E-state index contributed by atoms with van der Waals surface area (Å²) in [5.41, 5.74) is -1.72. The third-order valence-corrected chi connectivity index (χ3v) is 6.13. The first-order valence-electron chi connectivity index (χ1n) is 12.0. The van der Waals surface area contributed by atoms with Crippen LogP contribution in [0.2, 0.25) is 0 Å². The molecule has 0 fully saturated rings. The first-order valence-corrected chi connectivity index (χ1v) is 12.0. The SMILES string of the molecule is CC(C)CCCCCCCCCCCCCCC[C@]1([C@@H](O)CO)OC(=O)C(O)=C1O. The molecule has 6 heteroatoms. The number of esters is 1. The van der Waals surface area contributed by atoms with Gasteiger partial charge in [0, 0.05) is 0 Å². The summed E-state index contributed by atoms with van der Waals surface area (Å²) in [6.45, 7) is 3.92. The van der Waals surface area contributed by atoms with Crippen molar-refractivity contribution in [1.29, 1.82) is 0 Å². The van der Waals surface area contributed by atoms with E-state index in [0.717, 1.165) is 25.2 Å². The van der Waals surface area contributed by atoms with Gasteiger partial charge >= 0.3 is 5.97 Å². The number of hydrogen-bond donors (Lipinski definition) is 4. The number of hydrogen-bond acceptors (Lipinski definition) is 6. The van der Waals surface area contributed by atoms with Gasteiger partial charge in [-0.25, -0.2) is 4.79 Å². The maximum absolute atomic E-state index is 11.5. The molecule has 0 bridgehead atoms. The lowest BCUT2D eigenvalue weighted by molar-refractivity contribution is -0.165. The van der Waals surface area contributed by atoms with Crippen molar-refractivity contribution >= 4 is 5.97 Å². The fourth-order valence-corrected chi connectivity index (χ4v) is 4.15. The Hall–Kier alpha value is -1.27. The van der Waals surface area contributed by atoms with E-state index in [9.17, 15) is 25.2 Å². The molecule has 0 aromatic heterocycles. The third kappa shape index (κ3) is 8.84. The van der Waals surface area contributed by atoms with Crippen molar-refractivity contribution in [3.63, 3.8) is 0 Å². The number of carbonyl (C=O) groups excluding carboxylic acids is 1. The highest BCUT2D eigenvalue weighted by Crippen LogP contribution is 2.37. The highest BCUT2D eigenvalue weighted by Gasteiger charge is 2.53. The standard InChI is InChI=1S/C24H44O6/c1-19(2)16-14-12-10-8-6-4-3-5-7-9-11-13-15-17-24(20(26)18-25)22(28)21(27)23(29)30-24/h19-20,25-28H,3-18H2,1-2H3/t20-,24+/m0/s1. The molecule has 0 saturated heterocycles. The third-order valence-electron chi connectivity index (χ3n) is 6.13. The first-order chi connectivity index (χ1) is 14.3. The van der Waals surface area contributed by atoms with E-state index in [1.54, 1.807) is 0 Å². The van der Waals surface area contributed by atoms with Crippen molar-refractivity contribution in [2.24, 2.45) is 5.92 Å². The van der Waals surface area contributed by atoms with Crippen molar-refractivity contribution in [3.8, 4) is 0 Å². The second kappa shape index (κ2) is 14.7. The van der Waals surface area contributed by atoms with Crippen molar-refractivity contribution in [3.05, 3.63) is 11.5 Å². The van der Waals surface area contributed by atoms with E-state index in [4.69, 9.17) is 4.74 Å². The van der Waals surface area contributed by atoms with Crippen molar-refractivity contribution in [2.75, 3.05) is 6.61 Å². The Bertz CT molecular complexity index is 516. The van der Waals surface area contributed by atoms with Crippen LogP contribution >= 0.6 is 0 Å². The number of aliphatic hydroxyl groups is 4. The molecule has 30 heavy (non-hydrogen) atoms. The fourth-order valence-electron chi connectivity index (χ4n) is 4.15. The van der Waals surface area contributed by atoms with Crippen LogP contribution in [0, 0.1) is 5.92 Å². The molecule has 1 heterocycles. The fraction of sp³-hybridized carbons (Fsp3) is 0.875. The summed E-state index contributed by atoms with van der Waals surface area (Å²) in [5.74, 6) is -1.78. The summed E-state index contributed by atoms with van der Waals surface area (Å²) in [6.07, 6.45) is 15.7. The molecule has 0 saturated carbocycles. The number of aliphatic hydroxyl groups excluding tert-OH is 4. The van der Waals surface area contributed by atoms with E-state index < -0.39 is 35.8 Å². The van der Waals surface area contributed by atoms with Gasteiger partial charge in [0.2, 0.25) is 11.4 Å². The zero-order chi connectivity index (χ0) is 22.4. The van der Waals surface area contributed by atoms with Crippen LogP contribution in [0.15, 0.2) is 11.5 Å². The van der Waals surface area contributed by atoms with Crippen LogP contribution in [0.3, 0.4) is 0 Å². The maximum Gasteiger partial charge on any atom is 0.378 e. The molecule has 1 rings (SSSR count). The number of cyclic esters (lactones) is 1. The number of carbonyl (C=O) groups is 1. The number of unbranched alkanes of at least 4 members (excludes halogenated alkanes) is 12. The summed E-state index contributed by atoms with van der Waals surface area (Å²) in [5, 5.41) is 38.8. The smallest absolute Gasteiger partial charge is 0.378 e. The minimum absolute atomic E-state index is 0.174. The summed E-state index contributed by atoms with van der Waals surface area (Å²) in [6, 6.07) is 0. The van der Waals surface area contributed by atoms with Crippen LogP contribution in [0.1, 0.15) is 110 Å². The molecule has 2 atom stereocenters. The van der Waals surface area contributed by atoms with Gasteiger partial charge in [-0.15, -0.1) is 0 Å². The van der Waals surface area contributed by atoms with Gasteiger partial charge < -0.3 is 25.2 Å². The predicted octanol–water partition coefficient (Wildman–Crippen LogP) is 5.47. The Morgan fingerprint density at radius 1 is 0.800 bits per heavy atom. The minimum atomic E-state index is -1.72. The second-order valence-electron chi connectivity index (χ2n) is 9.20. The highest BCUT2D eigenvalue weighted by molar-refractivity contribution is 5.90. The lowest BCUT2D eigenvalue weighted by atomic mass is 9.88. The molecule has 0 radical (unpaired) electrons. The van der Waals surface area contributed by atoms with E-state index in [-0.39, 0.29) is 6.42 Å². The molecule has 1 aliphatic rings. The van der Waals surface area contributed by atoms with Gasteiger partial charge in [-0.05, 0) is 18.8 Å². The number of rotatable bonds is 18. The van der Waals surface area contributed by atoms with Gasteiger partial charge in [-0.2, -0.15) is 0 Å². The molecule has 0 aromatic carbocycles. The molecule has 0 aliphatic carbocycles. The zero-order valence-electron chi connectivity index (χ0n) is 19.1. The van der Waals surface area contributed by atoms with Crippen molar-refractivity contribution in [1.82, 2.24) is 0 Å². The van der Waals surface area contributed by atoms with E-state index in [1.165, 1.54) is 64.2 Å². The molecule has 0 spiro atoms. The molecule has 0 amide bonds. The van der Waals surface area contributed by atoms with Gasteiger partial charge in [-0.1, -0.05) is 97.3 Å². The zero-order valence-corrected chi connectivity index (χ0v) is 19.1. The molecule has 176 valence electrons. The summed E-state index contributed by atoms with van der Waals surface area (Å²) in [7, 11) is 0. The van der Waals surface area contributed by atoms with Gasteiger partial charge in [0.15, 0.2) is 5.76 Å². The molecule has 0 unspecified atom stereocenters. The molecule has 0 aromatic rings. The Labute approximate surface area is 182 Å². The lowest BCUT2D eigenvalue weighted by Gasteiger charge is -2.31. The maximum atomic E-state index is 11.5. The molecule has 4 N–H and O–H groups in total. The van der Waals surface area contributed by atoms with Gasteiger partial charge in [0.25, 0.3) is 0 Å². The Balaban J connectivity index is 2.03. The van der Waals surface area contributed by atoms with E-state index in [2.05, 4.69) is 13.8 Å². The molecule has 1 aliphatic heterocycles. The average Bonchev–Trinajstić information content (AvgIpc) is 2.94. The second-order valence-corrected chi connectivity index (χ2v) is 9.20. The summed E-state index contributed by atoms with van der Waals surface area (Å²) in [4.78, 5) is 11.5. The monoisotopic (exact) mass is 428 g/mol. The highest BCUT2D eigenvalue weighted by atomic mass is 16.6. The topological polar surface area (TPSA) is 107 Å². The van der Waals surface area contributed by atoms with Crippen molar-refractivity contribution < 1.29 is 30.0 Å². The van der Waals surface area contributed by atoms with Gasteiger partial charge in [0.1, 0.15) is 6.10 Å². The van der Waals surface area contributed by atoms with Crippen LogP contribution in [0.4, 0.5) is 0 Å². The van der Waals surface area contributed by atoms with Gasteiger partial charge in [0.05, 0.1) is 6.61 Å². The summed E-state index contributed by atoms with van der Waals surface area (Å²) < 4.78 is 5.03. The summed E-state index contributed by atoms with van der Waals surface area (Å²) >= 11 is 0. The Morgan fingerprint density at radius 2 is 1.23 bits per heavy atom. The Morgan fingerprint density at radius 3 is 1.60 bits per heavy atom. The normalized spacial score (nSPS) is 20.2. The largest absolute Gasteiger partial charge is 0.505 e. The van der Waals surface area contributed by atoms with Crippen LogP contribution in [0.25, 0.3) is 0 Å². The molecular weight excluding hydrogens is 384 g/mol. The van der Waals surface area contributed by atoms with Crippen LogP contribution in [0.5, 0.6) is 0 Å². The predicted molar refractivity (Wildman–Crippen MR) is 118 cm³/mol. The first kappa shape index (κ1) is 26.8. The van der Waals surface area contributed by atoms with E-state index in [0.29, 0.717) is 6.42 Å². The quantitative estimate of drug-likeness (QED) is 0.170. The average molecular weight is 429 g/mol. The van der Waals surface area contributed by atoms with Crippen molar-refractivity contribution in [2.45, 2.75) is 122 Å². The molecule has 6 nitrogen and oxygen atoms in total. The van der Waals surface area contributed by atoms with Gasteiger partial charge in [-0.3, -0.25) is 0 Å².